The normalized spacial score (nSPS) is 10.4. The predicted molar refractivity (Wildman–Crippen MR) is 73.0 cm³/mol. The summed E-state index contributed by atoms with van der Waals surface area (Å²) in [7, 11) is 0. The Morgan fingerprint density at radius 2 is 1.95 bits per heavy atom. The van der Waals surface area contributed by atoms with Crippen molar-refractivity contribution in [2.45, 2.75) is 13.5 Å². The molecule has 5 nitrogen and oxygen atoms in total. The van der Waals surface area contributed by atoms with Crippen LogP contribution in [0.5, 0.6) is 5.75 Å². The Hall–Kier alpha value is -2.69. The van der Waals surface area contributed by atoms with Gasteiger partial charge in [0, 0.05) is 30.4 Å². The lowest BCUT2D eigenvalue weighted by Crippen LogP contribution is -1.95. The lowest BCUT2D eigenvalue weighted by atomic mass is 10.2. The molecule has 0 aliphatic heterocycles. The summed E-state index contributed by atoms with van der Waals surface area (Å²) in [6.07, 6.45) is 3.53. The second kappa shape index (κ2) is 5.52. The summed E-state index contributed by atoms with van der Waals surface area (Å²) in [6.45, 7) is 2.26. The first-order valence-electron chi connectivity index (χ1n) is 6.23. The first kappa shape index (κ1) is 12.3. The van der Waals surface area contributed by atoms with E-state index in [1.807, 2.05) is 36.4 Å². The molecule has 20 heavy (non-hydrogen) atoms. The summed E-state index contributed by atoms with van der Waals surface area (Å²) >= 11 is 0. The molecule has 2 aromatic heterocycles. The van der Waals surface area contributed by atoms with Crippen LogP contribution in [0, 0.1) is 6.92 Å². The van der Waals surface area contributed by atoms with E-state index in [4.69, 9.17) is 9.15 Å². The van der Waals surface area contributed by atoms with Crippen LogP contribution in [0.4, 0.5) is 0 Å². The molecule has 0 aliphatic carbocycles. The Bertz CT molecular complexity index is 678. The maximum atomic E-state index is 5.68. The molecular formula is C15H13N3O2. The quantitative estimate of drug-likeness (QED) is 0.727. The predicted octanol–water partition coefficient (Wildman–Crippen LogP) is 3.02. The lowest BCUT2D eigenvalue weighted by molar-refractivity contribution is 0.306. The SMILES string of the molecule is Cc1nnc(-c2ccc(OCc3cccnc3)cc2)o1. The molecule has 0 saturated heterocycles. The van der Waals surface area contributed by atoms with E-state index in [2.05, 4.69) is 15.2 Å². The van der Waals surface area contributed by atoms with Crippen LogP contribution in [-0.2, 0) is 6.61 Å². The molecule has 100 valence electrons. The van der Waals surface area contributed by atoms with Crippen molar-refractivity contribution in [2.24, 2.45) is 0 Å². The zero-order valence-corrected chi connectivity index (χ0v) is 11.0. The van der Waals surface area contributed by atoms with Gasteiger partial charge in [0.15, 0.2) is 0 Å². The highest BCUT2D eigenvalue weighted by Gasteiger charge is 2.05. The van der Waals surface area contributed by atoms with Gasteiger partial charge in [-0.2, -0.15) is 0 Å². The molecule has 5 heteroatoms. The number of nitrogens with zero attached hydrogens (tertiary/aromatic N) is 3. The van der Waals surface area contributed by atoms with E-state index in [0.29, 0.717) is 18.4 Å². The molecule has 0 fully saturated rings. The Morgan fingerprint density at radius 3 is 2.60 bits per heavy atom. The van der Waals surface area contributed by atoms with E-state index >= 15 is 0 Å². The summed E-state index contributed by atoms with van der Waals surface area (Å²) in [6, 6.07) is 11.4. The molecule has 3 rings (SSSR count). The molecule has 0 aliphatic rings. The van der Waals surface area contributed by atoms with E-state index in [1.54, 1.807) is 19.3 Å². The van der Waals surface area contributed by atoms with Crippen molar-refractivity contribution in [1.82, 2.24) is 15.2 Å². The van der Waals surface area contributed by atoms with Gasteiger partial charge in [0.2, 0.25) is 11.8 Å². The Morgan fingerprint density at radius 1 is 1.10 bits per heavy atom. The number of hydrogen-bond donors (Lipinski definition) is 0. The second-order valence-corrected chi connectivity index (χ2v) is 4.30. The maximum absolute atomic E-state index is 5.68. The van der Waals surface area contributed by atoms with Crippen LogP contribution < -0.4 is 4.74 Å². The number of pyridine rings is 1. The van der Waals surface area contributed by atoms with Crippen LogP contribution in [0.15, 0.2) is 53.2 Å². The van der Waals surface area contributed by atoms with Gasteiger partial charge in [0.1, 0.15) is 12.4 Å². The van der Waals surface area contributed by atoms with Gasteiger partial charge in [-0.3, -0.25) is 4.98 Å². The van der Waals surface area contributed by atoms with E-state index < -0.39 is 0 Å². The van der Waals surface area contributed by atoms with E-state index in [0.717, 1.165) is 16.9 Å². The van der Waals surface area contributed by atoms with Gasteiger partial charge in [-0.1, -0.05) is 6.07 Å². The molecule has 1 aromatic carbocycles. The van der Waals surface area contributed by atoms with Crippen molar-refractivity contribution >= 4 is 0 Å². The number of aromatic nitrogens is 3. The Balaban J connectivity index is 1.67. The van der Waals surface area contributed by atoms with E-state index in [1.165, 1.54) is 0 Å². The largest absolute Gasteiger partial charge is 0.489 e. The molecule has 3 aromatic rings. The number of ether oxygens (including phenoxy) is 1. The minimum atomic E-state index is 0.493. The zero-order valence-electron chi connectivity index (χ0n) is 11.0. The van der Waals surface area contributed by atoms with Crippen LogP contribution in [0.25, 0.3) is 11.5 Å². The van der Waals surface area contributed by atoms with Crippen molar-refractivity contribution in [3.8, 4) is 17.2 Å². The van der Waals surface area contributed by atoms with Crippen molar-refractivity contribution < 1.29 is 9.15 Å². The Labute approximate surface area is 116 Å². The minimum absolute atomic E-state index is 0.493. The third-order valence-electron chi connectivity index (χ3n) is 2.76. The van der Waals surface area contributed by atoms with Gasteiger partial charge >= 0.3 is 0 Å². The minimum Gasteiger partial charge on any atom is -0.489 e. The van der Waals surface area contributed by atoms with Crippen LogP contribution in [0.2, 0.25) is 0 Å². The molecular weight excluding hydrogens is 254 g/mol. The smallest absolute Gasteiger partial charge is 0.247 e. The van der Waals surface area contributed by atoms with Gasteiger partial charge in [-0.25, -0.2) is 0 Å². The Kier molecular flexibility index (Phi) is 3.41. The highest BCUT2D eigenvalue weighted by atomic mass is 16.5. The first-order chi connectivity index (χ1) is 9.81. The van der Waals surface area contributed by atoms with Gasteiger partial charge in [0.05, 0.1) is 0 Å². The van der Waals surface area contributed by atoms with Crippen molar-refractivity contribution in [2.75, 3.05) is 0 Å². The van der Waals surface area contributed by atoms with Crippen molar-refractivity contribution in [3.05, 3.63) is 60.2 Å². The lowest BCUT2D eigenvalue weighted by Gasteiger charge is -2.06. The van der Waals surface area contributed by atoms with Gasteiger partial charge in [0.25, 0.3) is 0 Å². The monoisotopic (exact) mass is 267 g/mol. The van der Waals surface area contributed by atoms with Crippen molar-refractivity contribution in [3.63, 3.8) is 0 Å². The van der Waals surface area contributed by atoms with Gasteiger partial charge in [-0.05, 0) is 30.3 Å². The zero-order chi connectivity index (χ0) is 13.8. The fourth-order valence-electron chi connectivity index (χ4n) is 1.76. The third kappa shape index (κ3) is 2.83. The summed E-state index contributed by atoms with van der Waals surface area (Å²) in [5.41, 5.74) is 1.91. The number of hydrogen-bond acceptors (Lipinski definition) is 5. The first-order valence-corrected chi connectivity index (χ1v) is 6.23. The summed E-state index contributed by atoms with van der Waals surface area (Å²) in [5.74, 6) is 1.85. The molecule has 0 saturated carbocycles. The molecule has 0 radical (unpaired) electrons. The number of rotatable bonds is 4. The fraction of sp³-hybridized carbons (Fsp3) is 0.133. The average molecular weight is 267 g/mol. The highest BCUT2D eigenvalue weighted by Crippen LogP contribution is 2.21. The molecule has 2 heterocycles. The van der Waals surface area contributed by atoms with Gasteiger partial charge < -0.3 is 9.15 Å². The summed E-state index contributed by atoms with van der Waals surface area (Å²) in [5, 5.41) is 7.78. The van der Waals surface area contributed by atoms with Crippen LogP contribution >= 0.6 is 0 Å². The summed E-state index contributed by atoms with van der Waals surface area (Å²) < 4.78 is 11.0. The topological polar surface area (TPSA) is 61.0 Å². The third-order valence-corrected chi connectivity index (χ3v) is 2.76. The van der Waals surface area contributed by atoms with E-state index in [-0.39, 0.29) is 0 Å². The van der Waals surface area contributed by atoms with E-state index in [9.17, 15) is 0 Å². The number of aryl methyl sites for hydroxylation is 1. The van der Waals surface area contributed by atoms with Crippen molar-refractivity contribution in [1.29, 1.82) is 0 Å². The number of benzene rings is 1. The molecule has 0 unspecified atom stereocenters. The van der Waals surface area contributed by atoms with Crippen LogP contribution in [0.1, 0.15) is 11.5 Å². The van der Waals surface area contributed by atoms with Crippen LogP contribution in [-0.4, -0.2) is 15.2 Å². The molecule has 0 N–H and O–H groups in total. The molecule has 0 amide bonds. The average Bonchev–Trinajstić information content (AvgIpc) is 2.93. The molecule has 0 bridgehead atoms. The standard InChI is InChI=1S/C15H13N3O2/c1-11-17-18-15(20-11)13-4-6-14(7-5-13)19-10-12-3-2-8-16-9-12/h2-9H,10H2,1H3. The summed E-state index contributed by atoms with van der Waals surface area (Å²) in [4.78, 5) is 4.05. The fourth-order valence-corrected chi connectivity index (χ4v) is 1.76. The molecule has 0 atom stereocenters. The van der Waals surface area contributed by atoms with Gasteiger partial charge in [-0.15, -0.1) is 10.2 Å². The van der Waals surface area contributed by atoms with Crippen LogP contribution in [0.3, 0.4) is 0 Å². The second-order valence-electron chi connectivity index (χ2n) is 4.30. The molecule has 0 spiro atoms. The maximum Gasteiger partial charge on any atom is 0.247 e. The highest BCUT2D eigenvalue weighted by molar-refractivity contribution is 5.53.